The van der Waals surface area contributed by atoms with Crippen LogP contribution in [0.15, 0.2) is 29.3 Å². The van der Waals surface area contributed by atoms with E-state index >= 15 is 0 Å². The van der Waals surface area contributed by atoms with Gasteiger partial charge in [0, 0.05) is 46.2 Å². The van der Waals surface area contributed by atoms with Gasteiger partial charge in [0.2, 0.25) is 5.91 Å². The molecule has 150 valence electrons. The molecule has 0 atom stereocenters. The molecule has 0 unspecified atom stereocenters. The van der Waals surface area contributed by atoms with E-state index in [1.165, 1.54) is 24.0 Å². The number of benzene rings is 1. The van der Waals surface area contributed by atoms with Crippen LogP contribution < -0.4 is 5.32 Å². The van der Waals surface area contributed by atoms with Crippen LogP contribution in [-0.4, -0.2) is 54.9 Å². The number of piperidine rings is 1. The minimum atomic E-state index is 0. The van der Waals surface area contributed by atoms with Gasteiger partial charge in [0.25, 0.3) is 0 Å². The molecule has 0 bridgehead atoms. The zero-order valence-electron chi connectivity index (χ0n) is 16.6. The molecule has 5 nitrogen and oxygen atoms in total. The highest BCUT2D eigenvalue weighted by molar-refractivity contribution is 14.0. The molecule has 0 saturated carbocycles. The summed E-state index contributed by atoms with van der Waals surface area (Å²) in [7, 11) is 1.84. The van der Waals surface area contributed by atoms with Crippen molar-refractivity contribution in [2.75, 3.05) is 33.2 Å². The molecule has 1 amide bonds. The van der Waals surface area contributed by atoms with Crippen LogP contribution in [-0.2, 0) is 17.8 Å². The first kappa shape index (κ1) is 22.0. The smallest absolute Gasteiger partial charge is 0.222 e. The van der Waals surface area contributed by atoms with Crippen molar-refractivity contribution in [2.24, 2.45) is 10.9 Å². The zero-order valence-corrected chi connectivity index (χ0v) is 18.9. The van der Waals surface area contributed by atoms with Gasteiger partial charge in [0.1, 0.15) is 0 Å². The second kappa shape index (κ2) is 10.9. The Morgan fingerprint density at radius 2 is 1.85 bits per heavy atom. The third-order valence-electron chi connectivity index (χ3n) is 5.63. The maximum atomic E-state index is 12.5. The highest BCUT2D eigenvalue weighted by atomic mass is 127. The SMILES string of the molecule is CN=C(NCCCC(=O)N1CCc2ccccc2C1)N1CCC(C)CC1.I. The van der Waals surface area contributed by atoms with Crippen molar-refractivity contribution in [3.8, 4) is 0 Å². The second-order valence-electron chi connectivity index (χ2n) is 7.58. The monoisotopic (exact) mass is 484 g/mol. The number of nitrogens with zero attached hydrogens (tertiary/aromatic N) is 3. The van der Waals surface area contributed by atoms with Gasteiger partial charge in [0.15, 0.2) is 5.96 Å². The van der Waals surface area contributed by atoms with Crippen molar-refractivity contribution in [2.45, 2.75) is 45.6 Å². The average Bonchev–Trinajstić information content (AvgIpc) is 2.68. The van der Waals surface area contributed by atoms with Crippen LogP contribution in [0.25, 0.3) is 0 Å². The van der Waals surface area contributed by atoms with E-state index in [0.717, 1.165) is 57.4 Å². The van der Waals surface area contributed by atoms with E-state index in [9.17, 15) is 4.79 Å². The van der Waals surface area contributed by atoms with E-state index < -0.39 is 0 Å². The van der Waals surface area contributed by atoms with E-state index in [1.807, 2.05) is 11.9 Å². The van der Waals surface area contributed by atoms with Gasteiger partial charge >= 0.3 is 0 Å². The molecule has 0 spiro atoms. The number of fused-ring (bicyclic) bond motifs is 1. The van der Waals surface area contributed by atoms with Gasteiger partial charge in [0.05, 0.1) is 0 Å². The minimum absolute atomic E-state index is 0. The number of carbonyl (C=O) groups excluding carboxylic acids is 1. The summed E-state index contributed by atoms with van der Waals surface area (Å²) in [6.07, 6.45) is 4.88. The first-order valence-electron chi connectivity index (χ1n) is 9.97. The Kier molecular flexibility index (Phi) is 8.86. The number of nitrogens with one attached hydrogen (secondary N) is 1. The number of aliphatic imine (C=N–C) groups is 1. The highest BCUT2D eigenvalue weighted by Gasteiger charge is 2.20. The normalized spacial score (nSPS) is 17.9. The molecule has 1 saturated heterocycles. The summed E-state index contributed by atoms with van der Waals surface area (Å²) < 4.78 is 0. The van der Waals surface area contributed by atoms with Crippen LogP contribution in [0.5, 0.6) is 0 Å². The van der Waals surface area contributed by atoms with Crippen molar-refractivity contribution >= 4 is 35.8 Å². The van der Waals surface area contributed by atoms with Crippen LogP contribution >= 0.6 is 24.0 Å². The van der Waals surface area contributed by atoms with Crippen LogP contribution in [0, 0.1) is 5.92 Å². The number of rotatable bonds is 4. The lowest BCUT2D eigenvalue weighted by molar-refractivity contribution is -0.132. The molecule has 1 aromatic rings. The molecule has 27 heavy (non-hydrogen) atoms. The fraction of sp³-hybridized carbons (Fsp3) is 0.619. The molecule has 2 aliphatic heterocycles. The van der Waals surface area contributed by atoms with Crippen LogP contribution in [0.4, 0.5) is 0 Å². The molecular weight excluding hydrogens is 451 g/mol. The first-order chi connectivity index (χ1) is 12.7. The molecule has 1 N–H and O–H groups in total. The Balaban J connectivity index is 0.00000261. The van der Waals surface area contributed by atoms with Gasteiger partial charge in [-0.15, -0.1) is 24.0 Å². The van der Waals surface area contributed by atoms with E-state index in [2.05, 4.69) is 46.4 Å². The summed E-state index contributed by atoms with van der Waals surface area (Å²) in [5.74, 6) is 2.07. The van der Waals surface area contributed by atoms with Crippen molar-refractivity contribution < 1.29 is 4.79 Å². The quantitative estimate of drug-likeness (QED) is 0.309. The van der Waals surface area contributed by atoms with Gasteiger partial charge in [-0.3, -0.25) is 9.79 Å². The fourth-order valence-electron chi connectivity index (χ4n) is 3.86. The van der Waals surface area contributed by atoms with Crippen molar-refractivity contribution in [3.05, 3.63) is 35.4 Å². The van der Waals surface area contributed by atoms with Crippen LogP contribution in [0.2, 0.25) is 0 Å². The number of guanidine groups is 1. The molecule has 0 aromatic heterocycles. The molecule has 0 aliphatic carbocycles. The van der Waals surface area contributed by atoms with Gasteiger partial charge in [-0.25, -0.2) is 0 Å². The molecule has 1 aromatic carbocycles. The molecule has 6 heteroatoms. The van der Waals surface area contributed by atoms with Crippen LogP contribution in [0.1, 0.15) is 43.7 Å². The number of hydrogen-bond acceptors (Lipinski definition) is 2. The lowest BCUT2D eigenvalue weighted by Crippen LogP contribution is -2.45. The Morgan fingerprint density at radius 3 is 2.56 bits per heavy atom. The predicted molar refractivity (Wildman–Crippen MR) is 122 cm³/mol. The second-order valence-corrected chi connectivity index (χ2v) is 7.58. The first-order valence-corrected chi connectivity index (χ1v) is 9.97. The molecule has 0 radical (unpaired) electrons. The largest absolute Gasteiger partial charge is 0.356 e. The van der Waals surface area contributed by atoms with Gasteiger partial charge < -0.3 is 15.1 Å². The highest BCUT2D eigenvalue weighted by Crippen LogP contribution is 2.19. The molecule has 2 aliphatic rings. The molecule has 2 heterocycles. The predicted octanol–water partition coefficient (Wildman–Crippen LogP) is 3.28. The number of amides is 1. The summed E-state index contributed by atoms with van der Waals surface area (Å²) in [5.41, 5.74) is 2.68. The third-order valence-corrected chi connectivity index (χ3v) is 5.63. The number of hydrogen-bond donors (Lipinski definition) is 1. The lowest BCUT2D eigenvalue weighted by atomic mass is 9.99. The standard InChI is InChI=1S/C21H32N4O.HI/c1-17-9-13-24(14-10-17)21(22-2)23-12-5-8-20(26)25-15-11-18-6-3-4-7-19(18)16-25;/h3-4,6-7,17H,5,8-16H2,1-2H3,(H,22,23);1H. The Morgan fingerprint density at radius 1 is 1.15 bits per heavy atom. The molecule has 3 rings (SSSR count). The Bertz CT molecular complexity index is 641. The third kappa shape index (κ3) is 6.09. The van der Waals surface area contributed by atoms with Crippen molar-refractivity contribution in [1.29, 1.82) is 0 Å². The van der Waals surface area contributed by atoms with E-state index in [0.29, 0.717) is 6.42 Å². The summed E-state index contributed by atoms with van der Waals surface area (Å²) in [4.78, 5) is 21.3. The van der Waals surface area contributed by atoms with Gasteiger partial charge in [-0.2, -0.15) is 0 Å². The van der Waals surface area contributed by atoms with E-state index in [-0.39, 0.29) is 29.9 Å². The number of carbonyl (C=O) groups is 1. The topological polar surface area (TPSA) is 47.9 Å². The van der Waals surface area contributed by atoms with E-state index in [1.54, 1.807) is 0 Å². The van der Waals surface area contributed by atoms with E-state index in [4.69, 9.17) is 0 Å². The van der Waals surface area contributed by atoms with Gasteiger partial charge in [-0.1, -0.05) is 31.2 Å². The zero-order chi connectivity index (χ0) is 18.4. The number of likely N-dealkylation sites (tertiary alicyclic amines) is 1. The Labute approximate surface area is 180 Å². The van der Waals surface area contributed by atoms with Crippen LogP contribution in [0.3, 0.4) is 0 Å². The number of halogens is 1. The van der Waals surface area contributed by atoms with Crippen molar-refractivity contribution in [3.63, 3.8) is 0 Å². The lowest BCUT2D eigenvalue weighted by Gasteiger charge is -2.33. The summed E-state index contributed by atoms with van der Waals surface area (Å²) in [5, 5.41) is 3.43. The summed E-state index contributed by atoms with van der Waals surface area (Å²) in [6.45, 7) is 6.87. The maximum absolute atomic E-state index is 12.5. The maximum Gasteiger partial charge on any atom is 0.222 e. The Hall–Kier alpha value is -1.31. The molecular formula is C21H33IN4O. The minimum Gasteiger partial charge on any atom is -0.356 e. The fourth-order valence-corrected chi connectivity index (χ4v) is 3.86. The van der Waals surface area contributed by atoms with Gasteiger partial charge in [-0.05, 0) is 42.7 Å². The summed E-state index contributed by atoms with van der Waals surface area (Å²) in [6, 6.07) is 8.45. The average molecular weight is 484 g/mol. The van der Waals surface area contributed by atoms with Crippen molar-refractivity contribution in [1.82, 2.24) is 15.1 Å². The summed E-state index contributed by atoms with van der Waals surface area (Å²) >= 11 is 0. The molecule has 1 fully saturated rings.